The number of carbonyl (C=O) groups is 1. The van der Waals surface area contributed by atoms with Crippen LogP contribution >= 0.6 is 11.8 Å². The van der Waals surface area contributed by atoms with Crippen molar-refractivity contribution in [1.29, 1.82) is 5.26 Å². The van der Waals surface area contributed by atoms with Crippen LogP contribution in [-0.4, -0.2) is 42.8 Å². The smallest absolute Gasteiger partial charge is 0.266 e. The average molecular weight is 452 g/mol. The number of rotatable bonds is 9. The second kappa shape index (κ2) is 11.3. The van der Waals surface area contributed by atoms with E-state index >= 15 is 0 Å². The highest BCUT2D eigenvalue weighted by Gasteiger charge is 2.32. The lowest BCUT2D eigenvalue weighted by atomic mass is 10.2. The number of methoxy groups -OCH3 is 1. The van der Waals surface area contributed by atoms with Gasteiger partial charge in [-0.1, -0.05) is 13.0 Å². The normalized spacial score (nSPS) is 15.8. The summed E-state index contributed by atoms with van der Waals surface area (Å²) in [7, 11) is 1.62. The number of benzene rings is 2. The lowest BCUT2D eigenvalue weighted by molar-refractivity contribution is -0.122. The fourth-order valence-electron chi connectivity index (χ4n) is 3.04. The molecule has 0 aliphatic carbocycles. The van der Waals surface area contributed by atoms with Crippen LogP contribution in [0, 0.1) is 11.3 Å². The van der Waals surface area contributed by atoms with Gasteiger partial charge in [0.1, 0.15) is 11.8 Å². The third-order valence-corrected chi connectivity index (χ3v) is 5.50. The van der Waals surface area contributed by atoms with E-state index in [9.17, 15) is 4.79 Å². The molecule has 1 heterocycles. The SMILES string of the molecule is CCCN1C(=O)/C(=C/c2ccc(OCC#N)c(OCC)c2)SC1=Nc1ccc(OC)cc1. The number of nitriles is 1. The van der Waals surface area contributed by atoms with E-state index in [0.717, 1.165) is 23.4 Å². The van der Waals surface area contributed by atoms with Crippen molar-refractivity contribution in [2.45, 2.75) is 20.3 Å². The Balaban J connectivity index is 1.90. The van der Waals surface area contributed by atoms with Crippen molar-refractivity contribution in [3.8, 4) is 23.3 Å². The molecule has 1 fully saturated rings. The number of amidine groups is 1. The number of nitrogens with zero attached hydrogens (tertiary/aromatic N) is 3. The van der Waals surface area contributed by atoms with Gasteiger partial charge in [-0.25, -0.2) is 4.99 Å². The maximum Gasteiger partial charge on any atom is 0.266 e. The number of hydrogen-bond donors (Lipinski definition) is 0. The van der Waals surface area contributed by atoms with Gasteiger partial charge in [-0.3, -0.25) is 9.69 Å². The summed E-state index contributed by atoms with van der Waals surface area (Å²) < 4.78 is 16.3. The van der Waals surface area contributed by atoms with Gasteiger partial charge in [-0.2, -0.15) is 5.26 Å². The Bertz CT molecular complexity index is 1060. The Morgan fingerprint density at radius 3 is 2.56 bits per heavy atom. The van der Waals surface area contributed by atoms with Crippen LogP contribution in [0.4, 0.5) is 5.69 Å². The molecule has 1 aliphatic heterocycles. The van der Waals surface area contributed by atoms with Crippen molar-refractivity contribution >= 4 is 34.6 Å². The number of amides is 1. The zero-order valence-electron chi connectivity index (χ0n) is 18.3. The molecule has 2 aromatic carbocycles. The first-order chi connectivity index (χ1) is 15.6. The van der Waals surface area contributed by atoms with E-state index in [0.29, 0.717) is 34.7 Å². The topological polar surface area (TPSA) is 84.2 Å². The Hall–Kier alpha value is -3.44. The monoisotopic (exact) mass is 451 g/mol. The van der Waals surface area contributed by atoms with Crippen LogP contribution < -0.4 is 14.2 Å². The van der Waals surface area contributed by atoms with E-state index in [1.54, 1.807) is 24.1 Å². The zero-order valence-corrected chi connectivity index (χ0v) is 19.1. The molecule has 3 rings (SSSR count). The summed E-state index contributed by atoms with van der Waals surface area (Å²) in [6, 6.07) is 14.7. The minimum Gasteiger partial charge on any atom is -0.497 e. The molecule has 2 aromatic rings. The van der Waals surface area contributed by atoms with Gasteiger partial charge in [-0.05, 0) is 73.1 Å². The van der Waals surface area contributed by atoms with Crippen LogP contribution in [0.15, 0.2) is 52.4 Å². The Kier molecular flexibility index (Phi) is 8.17. The first kappa shape index (κ1) is 23.2. The first-order valence-electron chi connectivity index (χ1n) is 10.3. The summed E-state index contributed by atoms with van der Waals surface area (Å²) in [5, 5.41) is 9.41. The molecule has 166 valence electrons. The predicted molar refractivity (Wildman–Crippen MR) is 126 cm³/mol. The van der Waals surface area contributed by atoms with Crippen molar-refractivity contribution in [3.63, 3.8) is 0 Å². The fraction of sp³-hybridized carbons (Fsp3) is 0.292. The maximum atomic E-state index is 13.1. The highest BCUT2D eigenvalue weighted by molar-refractivity contribution is 8.18. The lowest BCUT2D eigenvalue weighted by Crippen LogP contribution is -2.29. The van der Waals surface area contributed by atoms with Gasteiger partial charge in [0.2, 0.25) is 0 Å². The summed E-state index contributed by atoms with van der Waals surface area (Å²) in [5.41, 5.74) is 1.55. The molecule has 1 saturated heterocycles. The molecule has 32 heavy (non-hydrogen) atoms. The van der Waals surface area contributed by atoms with Crippen LogP contribution in [0.3, 0.4) is 0 Å². The predicted octanol–water partition coefficient (Wildman–Crippen LogP) is 5.01. The van der Waals surface area contributed by atoms with Gasteiger partial charge in [0.05, 0.1) is 24.3 Å². The van der Waals surface area contributed by atoms with E-state index in [2.05, 4.69) is 4.99 Å². The molecule has 0 aromatic heterocycles. The molecule has 0 atom stereocenters. The number of thioether (sulfide) groups is 1. The second-order valence-corrected chi connectivity index (χ2v) is 7.75. The second-order valence-electron chi connectivity index (χ2n) is 6.75. The van der Waals surface area contributed by atoms with Crippen molar-refractivity contribution < 1.29 is 19.0 Å². The Morgan fingerprint density at radius 1 is 1.12 bits per heavy atom. The van der Waals surface area contributed by atoms with Crippen LogP contribution in [0.2, 0.25) is 0 Å². The van der Waals surface area contributed by atoms with Crippen LogP contribution in [0.25, 0.3) is 6.08 Å². The van der Waals surface area contributed by atoms with Gasteiger partial charge in [0.15, 0.2) is 23.3 Å². The highest BCUT2D eigenvalue weighted by Crippen LogP contribution is 2.36. The molecule has 1 amide bonds. The lowest BCUT2D eigenvalue weighted by Gasteiger charge is -2.14. The third kappa shape index (κ3) is 5.62. The van der Waals surface area contributed by atoms with Gasteiger partial charge in [-0.15, -0.1) is 0 Å². The molecule has 1 aliphatic rings. The van der Waals surface area contributed by atoms with E-state index in [1.165, 1.54) is 11.8 Å². The standard InChI is InChI=1S/C24H25N3O4S/c1-4-13-27-23(28)22(32-24(27)26-18-7-9-19(29-3)10-8-18)16-17-6-11-20(31-14-12-25)21(15-17)30-5-2/h6-11,15-16H,4-5,13-14H2,1-3H3/b22-16-,26-24?. The molecule has 7 nitrogen and oxygen atoms in total. The largest absolute Gasteiger partial charge is 0.497 e. The Labute approximate surface area is 192 Å². The van der Waals surface area contributed by atoms with Gasteiger partial charge in [0, 0.05) is 6.54 Å². The number of aliphatic imine (C=N–C) groups is 1. The van der Waals surface area contributed by atoms with Crippen molar-refractivity contribution in [3.05, 3.63) is 52.9 Å². The van der Waals surface area contributed by atoms with Crippen molar-refractivity contribution in [2.75, 3.05) is 26.9 Å². The van der Waals surface area contributed by atoms with E-state index in [4.69, 9.17) is 19.5 Å². The number of carbonyl (C=O) groups excluding carboxylic acids is 1. The van der Waals surface area contributed by atoms with Gasteiger partial charge in [0.25, 0.3) is 5.91 Å². The number of hydrogen-bond acceptors (Lipinski definition) is 7. The van der Waals surface area contributed by atoms with Crippen LogP contribution in [0.1, 0.15) is 25.8 Å². The molecule has 0 radical (unpaired) electrons. The summed E-state index contributed by atoms with van der Waals surface area (Å²) in [4.78, 5) is 20.0. The Morgan fingerprint density at radius 2 is 1.91 bits per heavy atom. The van der Waals surface area contributed by atoms with E-state index in [1.807, 2.05) is 56.3 Å². The molecule has 0 N–H and O–H groups in total. The summed E-state index contributed by atoms with van der Waals surface area (Å²) in [5.74, 6) is 1.70. The summed E-state index contributed by atoms with van der Waals surface area (Å²) in [6.07, 6.45) is 2.64. The molecule has 0 saturated carbocycles. The van der Waals surface area contributed by atoms with Crippen LogP contribution in [0.5, 0.6) is 17.2 Å². The molecular weight excluding hydrogens is 426 g/mol. The third-order valence-electron chi connectivity index (χ3n) is 4.49. The summed E-state index contributed by atoms with van der Waals surface area (Å²) >= 11 is 1.34. The minimum atomic E-state index is -0.0770. The molecule has 0 bridgehead atoms. The van der Waals surface area contributed by atoms with E-state index < -0.39 is 0 Å². The zero-order chi connectivity index (χ0) is 22.9. The molecular formula is C24H25N3O4S. The molecule has 0 unspecified atom stereocenters. The highest BCUT2D eigenvalue weighted by atomic mass is 32.2. The number of ether oxygens (including phenoxy) is 3. The maximum absolute atomic E-state index is 13.1. The molecule has 0 spiro atoms. The summed E-state index contributed by atoms with van der Waals surface area (Å²) in [6.45, 7) is 4.88. The molecule has 8 heteroatoms. The van der Waals surface area contributed by atoms with Crippen molar-refractivity contribution in [2.24, 2.45) is 4.99 Å². The van der Waals surface area contributed by atoms with E-state index in [-0.39, 0.29) is 12.5 Å². The first-order valence-corrected chi connectivity index (χ1v) is 11.1. The van der Waals surface area contributed by atoms with Gasteiger partial charge < -0.3 is 14.2 Å². The fourth-order valence-corrected chi connectivity index (χ4v) is 4.07. The minimum absolute atomic E-state index is 0.0635. The van der Waals surface area contributed by atoms with Crippen molar-refractivity contribution in [1.82, 2.24) is 4.90 Å². The quantitative estimate of drug-likeness (QED) is 0.498. The van der Waals surface area contributed by atoms with Gasteiger partial charge >= 0.3 is 0 Å². The van der Waals surface area contributed by atoms with Crippen LogP contribution in [-0.2, 0) is 4.79 Å². The average Bonchev–Trinajstić information content (AvgIpc) is 3.08.